The number of benzene rings is 1. The van der Waals surface area contributed by atoms with Gasteiger partial charge in [-0.05, 0) is 42.9 Å². The van der Waals surface area contributed by atoms with Crippen molar-refractivity contribution in [2.75, 3.05) is 6.54 Å². The number of nitrogens with one attached hydrogen (secondary N) is 1. The predicted molar refractivity (Wildman–Crippen MR) is 73.3 cm³/mol. The molecule has 2 unspecified atom stereocenters. The first-order valence-electron chi connectivity index (χ1n) is 6.79. The van der Waals surface area contributed by atoms with Gasteiger partial charge < -0.3 is 11.1 Å². The summed E-state index contributed by atoms with van der Waals surface area (Å²) in [6, 6.07) is 9.11. The number of hydrogen-bond donors (Lipinski definition) is 2. The maximum atomic E-state index is 10.7. The quantitative estimate of drug-likeness (QED) is 0.784. The first kappa shape index (κ1) is 13.1. The molecular weight excluding hydrogens is 224 g/mol. The summed E-state index contributed by atoms with van der Waals surface area (Å²) in [6.45, 7) is 3.15. The molecule has 1 aliphatic rings. The van der Waals surface area contributed by atoms with Crippen molar-refractivity contribution in [2.24, 2.45) is 5.73 Å². The zero-order valence-electron chi connectivity index (χ0n) is 11.0. The topological polar surface area (TPSA) is 55.1 Å². The lowest BCUT2D eigenvalue weighted by Gasteiger charge is -2.30. The van der Waals surface area contributed by atoms with E-state index in [1.54, 1.807) is 0 Å². The smallest absolute Gasteiger partial charge is 0.217 e. The van der Waals surface area contributed by atoms with Gasteiger partial charge in [0.1, 0.15) is 0 Å². The summed E-state index contributed by atoms with van der Waals surface area (Å²) in [6.07, 6.45) is 3.70. The Balaban J connectivity index is 1.94. The second-order valence-electron chi connectivity index (χ2n) is 5.18. The Hall–Kier alpha value is -1.35. The van der Waals surface area contributed by atoms with Gasteiger partial charge >= 0.3 is 0 Å². The van der Waals surface area contributed by atoms with Crippen LogP contribution in [0.25, 0.3) is 0 Å². The lowest BCUT2D eigenvalue weighted by Crippen LogP contribution is -2.27. The van der Waals surface area contributed by atoms with E-state index in [-0.39, 0.29) is 5.91 Å². The third-order valence-corrected chi connectivity index (χ3v) is 3.78. The summed E-state index contributed by atoms with van der Waals surface area (Å²) in [5, 5.41) is 3.55. The Kier molecular flexibility index (Phi) is 4.37. The third-order valence-electron chi connectivity index (χ3n) is 3.78. The molecule has 18 heavy (non-hydrogen) atoms. The summed E-state index contributed by atoms with van der Waals surface area (Å²) in [7, 11) is 0. The van der Waals surface area contributed by atoms with E-state index in [0.717, 1.165) is 13.0 Å². The normalized spacial score (nSPS) is 22.5. The van der Waals surface area contributed by atoms with Crippen LogP contribution in [-0.4, -0.2) is 12.5 Å². The molecule has 0 aromatic heterocycles. The Morgan fingerprint density at radius 1 is 1.33 bits per heavy atom. The number of carbonyl (C=O) groups is 1. The average Bonchev–Trinajstić information content (AvgIpc) is 2.37. The highest BCUT2D eigenvalue weighted by molar-refractivity contribution is 5.73. The van der Waals surface area contributed by atoms with E-state index in [2.05, 4.69) is 36.5 Å². The number of hydrogen-bond acceptors (Lipinski definition) is 2. The summed E-state index contributed by atoms with van der Waals surface area (Å²) in [4.78, 5) is 10.7. The van der Waals surface area contributed by atoms with Crippen molar-refractivity contribution in [2.45, 2.75) is 44.6 Å². The van der Waals surface area contributed by atoms with Gasteiger partial charge in [-0.1, -0.05) is 31.2 Å². The van der Waals surface area contributed by atoms with Crippen molar-refractivity contribution in [1.29, 1.82) is 0 Å². The summed E-state index contributed by atoms with van der Waals surface area (Å²) in [5.41, 5.74) is 8.03. The molecule has 0 saturated heterocycles. The average molecular weight is 246 g/mol. The van der Waals surface area contributed by atoms with Crippen LogP contribution >= 0.6 is 0 Å². The van der Waals surface area contributed by atoms with E-state index in [9.17, 15) is 4.79 Å². The van der Waals surface area contributed by atoms with Gasteiger partial charge in [-0.2, -0.15) is 0 Å². The van der Waals surface area contributed by atoms with E-state index in [4.69, 9.17) is 5.73 Å². The highest BCUT2D eigenvalue weighted by Crippen LogP contribution is 2.36. The second-order valence-corrected chi connectivity index (χ2v) is 5.18. The molecule has 0 radical (unpaired) electrons. The summed E-state index contributed by atoms with van der Waals surface area (Å²) < 4.78 is 0. The Morgan fingerprint density at radius 2 is 2.06 bits per heavy atom. The van der Waals surface area contributed by atoms with Gasteiger partial charge in [0.15, 0.2) is 0 Å². The number of carbonyl (C=O) groups excluding carboxylic acids is 1. The molecule has 0 fully saturated rings. The van der Waals surface area contributed by atoms with Crippen molar-refractivity contribution in [3.63, 3.8) is 0 Å². The zero-order chi connectivity index (χ0) is 13.0. The Morgan fingerprint density at radius 3 is 2.78 bits per heavy atom. The number of nitrogens with two attached hydrogens (primary N) is 1. The van der Waals surface area contributed by atoms with Gasteiger partial charge in [0.2, 0.25) is 5.91 Å². The molecule has 98 valence electrons. The largest absolute Gasteiger partial charge is 0.370 e. The minimum absolute atomic E-state index is 0.213. The van der Waals surface area contributed by atoms with Crippen molar-refractivity contribution in [3.05, 3.63) is 35.4 Å². The van der Waals surface area contributed by atoms with E-state index in [1.807, 2.05) is 0 Å². The van der Waals surface area contributed by atoms with Gasteiger partial charge in [-0.25, -0.2) is 0 Å². The van der Waals surface area contributed by atoms with E-state index >= 15 is 0 Å². The van der Waals surface area contributed by atoms with Crippen LogP contribution in [0.15, 0.2) is 24.3 Å². The van der Waals surface area contributed by atoms with Crippen molar-refractivity contribution < 1.29 is 4.79 Å². The third kappa shape index (κ3) is 3.10. The van der Waals surface area contributed by atoms with Gasteiger partial charge in [0, 0.05) is 12.5 Å². The maximum Gasteiger partial charge on any atom is 0.217 e. The fraction of sp³-hybridized carbons (Fsp3) is 0.533. The van der Waals surface area contributed by atoms with Crippen molar-refractivity contribution in [1.82, 2.24) is 5.32 Å². The number of rotatable bonds is 5. The molecule has 1 aromatic rings. The fourth-order valence-corrected chi connectivity index (χ4v) is 2.76. The summed E-state index contributed by atoms with van der Waals surface area (Å²) >= 11 is 0. The monoisotopic (exact) mass is 246 g/mol. The van der Waals surface area contributed by atoms with Crippen LogP contribution in [0.2, 0.25) is 0 Å². The van der Waals surface area contributed by atoms with E-state index < -0.39 is 0 Å². The molecule has 1 amide bonds. The minimum Gasteiger partial charge on any atom is -0.370 e. The van der Waals surface area contributed by atoms with E-state index in [1.165, 1.54) is 24.0 Å². The van der Waals surface area contributed by atoms with Gasteiger partial charge in [0.05, 0.1) is 0 Å². The van der Waals surface area contributed by atoms with Gasteiger partial charge in [-0.15, -0.1) is 0 Å². The standard InChI is InChI=1S/C15H22N2O/c1-11-8-9-14(17-10-4-7-15(16)18)13-6-3-2-5-12(11)13/h2-3,5-6,11,14,17H,4,7-10H2,1H3,(H2,16,18). The van der Waals surface area contributed by atoms with Crippen LogP contribution < -0.4 is 11.1 Å². The first-order valence-corrected chi connectivity index (χ1v) is 6.79. The molecule has 0 aliphatic heterocycles. The molecule has 2 rings (SSSR count). The fourth-order valence-electron chi connectivity index (χ4n) is 2.76. The van der Waals surface area contributed by atoms with Crippen molar-refractivity contribution in [3.8, 4) is 0 Å². The molecule has 0 saturated carbocycles. The van der Waals surface area contributed by atoms with Crippen LogP contribution in [0.3, 0.4) is 0 Å². The predicted octanol–water partition coefficient (Wildman–Crippen LogP) is 2.48. The molecule has 0 heterocycles. The van der Waals surface area contributed by atoms with Gasteiger partial charge in [0.25, 0.3) is 0 Å². The lowest BCUT2D eigenvalue weighted by molar-refractivity contribution is -0.118. The molecule has 3 heteroatoms. The van der Waals surface area contributed by atoms with Crippen LogP contribution in [0, 0.1) is 0 Å². The maximum absolute atomic E-state index is 10.7. The zero-order valence-corrected chi connectivity index (χ0v) is 11.0. The van der Waals surface area contributed by atoms with Crippen LogP contribution in [0.1, 0.15) is 55.7 Å². The van der Waals surface area contributed by atoms with Gasteiger partial charge in [-0.3, -0.25) is 4.79 Å². The van der Waals surface area contributed by atoms with Crippen LogP contribution in [0.4, 0.5) is 0 Å². The number of primary amides is 1. The molecule has 0 bridgehead atoms. The molecule has 3 N–H and O–H groups in total. The number of amides is 1. The molecule has 3 nitrogen and oxygen atoms in total. The molecule has 1 aromatic carbocycles. The molecule has 1 aliphatic carbocycles. The second kappa shape index (κ2) is 6.01. The highest BCUT2D eigenvalue weighted by atomic mass is 16.1. The Labute approximate surface area is 109 Å². The molecule has 0 spiro atoms. The Bertz CT molecular complexity index is 417. The molecular formula is C15H22N2O. The lowest BCUT2D eigenvalue weighted by atomic mass is 9.81. The minimum atomic E-state index is -0.213. The first-order chi connectivity index (χ1) is 8.68. The summed E-state index contributed by atoms with van der Waals surface area (Å²) in [5.74, 6) is 0.444. The van der Waals surface area contributed by atoms with E-state index in [0.29, 0.717) is 18.4 Å². The van der Waals surface area contributed by atoms with Crippen LogP contribution in [-0.2, 0) is 4.79 Å². The highest BCUT2D eigenvalue weighted by Gasteiger charge is 2.23. The molecule has 2 atom stereocenters. The van der Waals surface area contributed by atoms with Crippen LogP contribution in [0.5, 0.6) is 0 Å². The number of fused-ring (bicyclic) bond motifs is 1. The van der Waals surface area contributed by atoms with Crippen molar-refractivity contribution >= 4 is 5.91 Å². The SMILES string of the molecule is CC1CCC(NCCCC(N)=O)c2ccccc21.